The predicted octanol–water partition coefficient (Wildman–Crippen LogP) is 4.52. The molecule has 1 aromatic heterocycles. The first-order valence-corrected chi connectivity index (χ1v) is 10.6. The molecule has 1 atom stereocenters. The lowest BCUT2D eigenvalue weighted by molar-refractivity contribution is 0.100. The normalized spacial score (nSPS) is 12.2. The fraction of sp³-hybridized carbons (Fsp3) is 0.261. The van der Waals surface area contributed by atoms with E-state index in [0.717, 1.165) is 29.1 Å². The number of aliphatic hydroxyl groups excluding tert-OH is 1. The largest absolute Gasteiger partial charge is 0.393 e. The van der Waals surface area contributed by atoms with E-state index in [0.29, 0.717) is 10.6 Å². The zero-order chi connectivity index (χ0) is 22.7. The van der Waals surface area contributed by atoms with E-state index in [-0.39, 0.29) is 22.4 Å². The minimum atomic E-state index is -0.757. The third-order valence-corrected chi connectivity index (χ3v) is 5.66. The summed E-state index contributed by atoms with van der Waals surface area (Å²) in [6.07, 6.45) is -0.574. The van der Waals surface area contributed by atoms with Gasteiger partial charge in [-0.1, -0.05) is 12.1 Å². The number of carbonyl (C=O) groups excluding carboxylic acids is 1. The number of nitrogens with zero attached hydrogens (tertiary/aromatic N) is 1. The Morgan fingerprint density at radius 2 is 1.74 bits per heavy atom. The maximum absolute atomic E-state index is 14.7. The van der Waals surface area contributed by atoms with Crippen LogP contribution >= 0.6 is 11.3 Å². The first kappa shape index (κ1) is 22.9. The van der Waals surface area contributed by atoms with Gasteiger partial charge < -0.3 is 21.1 Å². The average molecular weight is 446 g/mol. The van der Waals surface area contributed by atoms with Crippen LogP contribution in [0.5, 0.6) is 0 Å². The van der Waals surface area contributed by atoms with Crippen molar-refractivity contribution in [2.24, 2.45) is 5.73 Å². The number of nitrogens with one attached hydrogen (secondary N) is 1. The van der Waals surface area contributed by atoms with Crippen LogP contribution in [0.2, 0.25) is 0 Å². The van der Waals surface area contributed by atoms with Crippen molar-refractivity contribution >= 4 is 27.9 Å². The van der Waals surface area contributed by atoms with Gasteiger partial charge in [0.2, 0.25) is 0 Å². The SMILES string of the molecule is CC(O)Cc1cc(F)c(-c2cc(C(N)=O)c(Nc3ccc(CN(C)C)cc3)s2)c(F)c1. The van der Waals surface area contributed by atoms with E-state index in [4.69, 9.17) is 5.73 Å². The summed E-state index contributed by atoms with van der Waals surface area (Å²) >= 11 is 1.05. The Morgan fingerprint density at radius 3 is 2.26 bits per heavy atom. The van der Waals surface area contributed by atoms with Gasteiger partial charge >= 0.3 is 0 Å². The Balaban J connectivity index is 1.93. The summed E-state index contributed by atoms with van der Waals surface area (Å²) in [4.78, 5) is 14.2. The third kappa shape index (κ3) is 5.66. The molecule has 0 radical (unpaired) electrons. The summed E-state index contributed by atoms with van der Waals surface area (Å²) in [5.41, 5.74) is 7.64. The molecule has 0 saturated carbocycles. The van der Waals surface area contributed by atoms with Crippen molar-refractivity contribution in [3.05, 3.63) is 70.8 Å². The van der Waals surface area contributed by atoms with Gasteiger partial charge in [-0.15, -0.1) is 11.3 Å². The van der Waals surface area contributed by atoms with E-state index >= 15 is 0 Å². The molecule has 1 unspecified atom stereocenters. The molecule has 0 spiro atoms. The highest BCUT2D eigenvalue weighted by Crippen LogP contribution is 2.39. The van der Waals surface area contributed by atoms with Crippen LogP contribution in [0.25, 0.3) is 10.4 Å². The summed E-state index contributed by atoms with van der Waals surface area (Å²) in [7, 11) is 3.96. The number of halogens is 2. The molecule has 1 amide bonds. The Bertz CT molecular complexity index is 1060. The number of hydrogen-bond acceptors (Lipinski definition) is 5. The van der Waals surface area contributed by atoms with Gasteiger partial charge in [-0.2, -0.15) is 0 Å². The number of carbonyl (C=O) groups is 1. The molecule has 4 N–H and O–H groups in total. The van der Waals surface area contributed by atoms with E-state index in [9.17, 15) is 18.7 Å². The maximum atomic E-state index is 14.7. The monoisotopic (exact) mass is 445 g/mol. The van der Waals surface area contributed by atoms with Crippen molar-refractivity contribution in [1.82, 2.24) is 4.90 Å². The fourth-order valence-electron chi connectivity index (χ4n) is 3.30. The molecule has 2 aromatic carbocycles. The van der Waals surface area contributed by atoms with Crippen LogP contribution in [-0.2, 0) is 13.0 Å². The average Bonchev–Trinajstić information content (AvgIpc) is 3.05. The minimum Gasteiger partial charge on any atom is -0.393 e. The zero-order valence-corrected chi connectivity index (χ0v) is 18.4. The van der Waals surface area contributed by atoms with Crippen molar-refractivity contribution in [3.8, 4) is 10.4 Å². The second-order valence-corrected chi connectivity index (χ2v) is 8.82. The number of rotatable bonds is 8. The summed E-state index contributed by atoms with van der Waals surface area (Å²) < 4.78 is 29.4. The van der Waals surface area contributed by atoms with Gasteiger partial charge in [0.15, 0.2) is 0 Å². The van der Waals surface area contributed by atoms with Crippen LogP contribution in [-0.4, -0.2) is 36.1 Å². The van der Waals surface area contributed by atoms with Crippen molar-refractivity contribution in [2.45, 2.75) is 26.0 Å². The molecule has 0 bridgehead atoms. The van der Waals surface area contributed by atoms with Gasteiger partial charge in [-0.05, 0) is 68.9 Å². The molecule has 8 heteroatoms. The molecule has 164 valence electrons. The number of hydrogen-bond donors (Lipinski definition) is 3. The van der Waals surface area contributed by atoms with Gasteiger partial charge in [0.05, 0.1) is 17.2 Å². The topological polar surface area (TPSA) is 78.6 Å². The lowest BCUT2D eigenvalue weighted by atomic mass is 10.0. The molecular formula is C23H25F2N3O2S. The van der Waals surface area contributed by atoms with Crippen molar-refractivity contribution in [2.75, 3.05) is 19.4 Å². The zero-order valence-electron chi connectivity index (χ0n) is 17.6. The molecule has 0 fully saturated rings. The summed E-state index contributed by atoms with van der Waals surface area (Å²) in [5.74, 6) is -2.21. The van der Waals surface area contributed by atoms with E-state index in [1.54, 1.807) is 6.92 Å². The van der Waals surface area contributed by atoms with E-state index < -0.39 is 23.6 Å². The lowest BCUT2D eigenvalue weighted by Gasteiger charge is -2.11. The number of thiophene rings is 1. The number of aliphatic hydroxyl groups is 1. The first-order valence-electron chi connectivity index (χ1n) is 9.74. The highest BCUT2D eigenvalue weighted by molar-refractivity contribution is 7.20. The van der Waals surface area contributed by atoms with Crippen LogP contribution in [0.15, 0.2) is 42.5 Å². The van der Waals surface area contributed by atoms with Gasteiger partial charge in [-0.25, -0.2) is 8.78 Å². The first-order chi connectivity index (χ1) is 14.6. The van der Waals surface area contributed by atoms with Crippen LogP contribution in [0, 0.1) is 11.6 Å². The number of anilines is 2. The standard InChI is InChI=1S/C23H25F2N3O2S/c1-13(29)8-15-9-18(24)21(19(25)10-15)20-11-17(22(26)30)23(31-20)27-16-6-4-14(5-7-16)12-28(2)3/h4-7,9-11,13,27,29H,8,12H2,1-3H3,(H2,26,30). The minimum absolute atomic E-state index is 0.141. The number of nitrogens with two attached hydrogens (primary N) is 1. The van der Waals surface area contributed by atoms with E-state index in [1.807, 2.05) is 38.4 Å². The lowest BCUT2D eigenvalue weighted by Crippen LogP contribution is -2.11. The van der Waals surface area contributed by atoms with Crippen molar-refractivity contribution < 1.29 is 18.7 Å². The molecule has 0 aliphatic heterocycles. The fourth-order valence-corrected chi connectivity index (χ4v) is 4.43. The van der Waals surface area contributed by atoms with Gasteiger partial charge in [0.1, 0.15) is 16.6 Å². The van der Waals surface area contributed by atoms with Crippen molar-refractivity contribution in [3.63, 3.8) is 0 Å². The van der Waals surface area contributed by atoms with Gasteiger partial charge in [0.25, 0.3) is 5.91 Å². The van der Waals surface area contributed by atoms with Gasteiger partial charge in [-0.3, -0.25) is 4.79 Å². The molecule has 0 aliphatic carbocycles. The molecule has 31 heavy (non-hydrogen) atoms. The number of primary amides is 1. The second-order valence-electron chi connectivity index (χ2n) is 7.77. The molecule has 1 heterocycles. The highest BCUT2D eigenvalue weighted by Gasteiger charge is 2.21. The number of benzene rings is 2. The van der Waals surface area contributed by atoms with Crippen LogP contribution in [0.3, 0.4) is 0 Å². The summed E-state index contributed by atoms with van der Waals surface area (Å²) in [6, 6.07) is 11.5. The molecule has 3 rings (SSSR count). The molecule has 3 aromatic rings. The van der Waals surface area contributed by atoms with Crippen LogP contribution < -0.4 is 11.1 Å². The smallest absolute Gasteiger partial charge is 0.251 e. The summed E-state index contributed by atoms with van der Waals surface area (Å²) in [6.45, 7) is 2.34. The number of amides is 1. The highest BCUT2D eigenvalue weighted by atomic mass is 32.1. The molecular weight excluding hydrogens is 420 g/mol. The Kier molecular flexibility index (Phi) is 7.04. The maximum Gasteiger partial charge on any atom is 0.251 e. The van der Waals surface area contributed by atoms with Crippen LogP contribution in [0.4, 0.5) is 19.5 Å². The Hall–Kier alpha value is -2.81. The van der Waals surface area contributed by atoms with E-state index in [1.165, 1.54) is 18.2 Å². The van der Waals surface area contributed by atoms with Crippen molar-refractivity contribution in [1.29, 1.82) is 0 Å². The van der Waals surface area contributed by atoms with E-state index in [2.05, 4.69) is 10.2 Å². The summed E-state index contributed by atoms with van der Waals surface area (Å²) in [5, 5.41) is 13.0. The van der Waals surface area contributed by atoms with Gasteiger partial charge in [0, 0.05) is 17.1 Å². The van der Waals surface area contributed by atoms with Crippen LogP contribution in [0.1, 0.15) is 28.4 Å². The molecule has 0 aliphatic rings. The third-order valence-electron chi connectivity index (χ3n) is 4.59. The Labute approximate surface area is 184 Å². The Morgan fingerprint density at radius 1 is 1.13 bits per heavy atom. The molecule has 5 nitrogen and oxygen atoms in total. The molecule has 0 saturated heterocycles. The second kappa shape index (κ2) is 9.55. The quantitative estimate of drug-likeness (QED) is 0.476. The predicted molar refractivity (Wildman–Crippen MR) is 121 cm³/mol.